The van der Waals surface area contributed by atoms with Gasteiger partial charge in [-0.2, -0.15) is 4.21 Å². The SMILES string of the molecule is O=S(O)OCCCNC1CCCC1. The first-order valence-corrected chi connectivity index (χ1v) is 5.80. The van der Waals surface area contributed by atoms with Crippen molar-refractivity contribution in [2.45, 2.75) is 38.1 Å². The molecule has 0 aromatic carbocycles. The van der Waals surface area contributed by atoms with Gasteiger partial charge in [0.15, 0.2) is 0 Å². The van der Waals surface area contributed by atoms with Crippen LogP contribution in [0.5, 0.6) is 0 Å². The molecule has 1 fully saturated rings. The van der Waals surface area contributed by atoms with Gasteiger partial charge in [-0.25, -0.2) is 0 Å². The average molecular weight is 207 g/mol. The van der Waals surface area contributed by atoms with Crippen LogP contribution in [0.15, 0.2) is 0 Å². The second kappa shape index (κ2) is 6.48. The summed E-state index contributed by atoms with van der Waals surface area (Å²) in [6.45, 7) is 1.23. The lowest BCUT2D eigenvalue weighted by Crippen LogP contribution is -2.27. The Hall–Kier alpha value is 0.0300. The van der Waals surface area contributed by atoms with Crippen LogP contribution < -0.4 is 5.32 Å². The molecule has 1 rings (SSSR count). The standard InChI is InChI=1S/C8H17NO3S/c10-13(11)12-7-3-6-9-8-4-1-2-5-8/h8-9H,1-7H2,(H,10,11). The van der Waals surface area contributed by atoms with Crippen LogP contribution in [-0.2, 0) is 15.5 Å². The first-order valence-electron chi connectivity index (χ1n) is 4.76. The number of hydrogen-bond donors (Lipinski definition) is 2. The molecule has 1 aliphatic carbocycles. The fraction of sp³-hybridized carbons (Fsp3) is 1.00. The lowest BCUT2D eigenvalue weighted by Gasteiger charge is -2.10. The van der Waals surface area contributed by atoms with Crippen molar-refractivity contribution in [3.05, 3.63) is 0 Å². The lowest BCUT2D eigenvalue weighted by atomic mass is 10.2. The molecular weight excluding hydrogens is 190 g/mol. The minimum absolute atomic E-state index is 0.350. The normalized spacial score (nSPS) is 20.7. The predicted octanol–water partition coefficient (Wildman–Crippen LogP) is 1.06. The summed E-state index contributed by atoms with van der Waals surface area (Å²) in [6.07, 6.45) is 5.99. The van der Waals surface area contributed by atoms with Crippen LogP contribution in [0.2, 0.25) is 0 Å². The molecule has 0 spiro atoms. The highest BCUT2D eigenvalue weighted by Gasteiger charge is 2.13. The van der Waals surface area contributed by atoms with Gasteiger partial charge in [0.25, 0.3) is 0 Å². The van der Waals surface area contributed by atoms with Crippen molar-refractivity contribution in [2.24, 2.45) is 0 Å². The van der Waals surface area contributed by atoms with Gasteiger partial charge in [0.2, 0.25) is 0 Å². The molecule has 78 valence electrons. The van der Waals surface area contributed by atoms with E-state index in [2.05, 4.69) is 9.50 Å². The highest BCUT2D eigenvalue weighted by atomic mass is 32.2. The van der Waals surface area contributed by atoms with E-state index in [-0.39, 0.29) is 0 Å². The Morgan fingerprint density at radius 2 is 2.15 bits per heavy atom. The molecule has 1 atom stereocenters. The monoisotopic (exact) mass is 207 g/mol. The van der Waals surface area contributed by atoms with E-state index >= 15 is 0 Å². The van der Waals surface area contributed by atoms with E-state index in [1.54, 1.807) is 0 Å². The maximum absolute atomic E-state index is 10.1. The predicted molar refractivity (Wildman–Crippen MR) is 51.6 cm³/mol. The molecule has 0 radical (unpaired) electrons. The second-order valence-electron chi connectivity index (χ2n) is 3.33. The van der Waals surface area contributed by atoms with Crippen LogP contribution in [0.25, 0.3) is 0 Å². The summed E-state index contributed by atoms with van der Waals surface area (Å²) in [5.74, 6) is 0. The van der Waals surface area contributed by atoms with Crippen molar-refractivity contribution in [1.82, 2.24) is 5.32 Å². The minimum Gasteiger partial charge on any atom is -0.314 e. The molecule has 13 heavy (non-hydrogen) atoms. The number of rotatable bonds is 6. The Morgan fingerprint density at radius 3 is 2.77 bits per heavy atom. The zero-order valence-electron chi connectivity index (χ0n) is 7.70. The number of nitrogens with one attached hydrogen (secondary N) is 1. The maximum atomic E-state index is 10.1. The average Bonchev–Trinajstić information content (AvgIpc) is 2.55. The van der Waals surface area contributed by atoms with Crippen LogP contribution in [0.1, 0.15) is 32.1 Å². The molecule has 2 N–H and O–H groups in total. The van der Waals surface area contributed by atoms with E-state index in [0.717, 1.165) is 13.0 Å². The fourth-order valence-corrected chi connectivity index (χ4v) is 1.90. The molecular formula is C8H17NO3S. The van der Waals surface area contributed by atoms with E-state index in [9.17, 15) is 4.21 Å². The van der Waals surface area contributed by atoms with E-state index < -0.39 is 11.4 Å². The molecule has 0 bridgehead atoms. The van der Waals surface area contributed by atoms with Crippen LogP contribution in [0.4, 0.5) is 0 Å². The van der Waals surface area contributed by atoms with Gasteiger partial charge in [0.1, 0.15) is 0 Å². The Labute approximate surface area is 81.5 Å². The lowest BCUT2D eigenvalue weighted by molar-refractivity contribution is 0.297. The topological polar surface area (TPSA) is 58.6 Å². The van der Waals surface area contributed by atoms with Gasteiger partial charge >= 0.3 is 11.4 Å². The zero-order valence-corrected chi connectivity index (χ0v) is 8.52. The van der Waals surface area contributed by atoms with Crippen molar-refractivity contribution < 1.29 is 12.9 Å². The summed E-state index contributed by atoms with van der Waals surface area (Å²) in [6, 6.07) is 0.666. The summed E-state index contributed by atoms with van der Waals surface area (Å²) in [4.78, 5) is 0. The summed E-state index contributed by atoms with van der Waals surface area (Å²) < 4.78 is 22.9. The quantitative estimate of drug-likeness (QED) is 0.505. The van der Waals surface area contributed by atoms with Crippen molar-refractivity contribution in [3.63, 3.8) is 0 Å². The molecule has 5 heteroatoms. The third-order valence-corrected chi connectivity index (χ3v) is 2.66. The van der Waals surface area contributed by atoms with Crippen molar-refractivity contribution in [2.75, 3.05) is 13.2 Å². The molecule has 0 aromatic heterocycles. The highest BCUT2D eigenvalue weighted by Crippen LogP contribution is 2.17. The molecule has 0 amide bonds. The third kappa shape index (κ3) is 5.36. The van der Waals surface area contributed by atoms with E-state index in [4.69, 9.17) is 4.55 Å². The molecule has 1 unspecified atom stereocenters. The first-order chi connectivity index (χ1) is 6.29. The van der Waals surface area contributed by atoms with Gasteiger partial charge in [-0.3, -0.25) is 8.74 Å². The van der Waals surface area contributed by atoms with Crippen LogP contribution in [0, 0.1) is 0 Å². The molecule has 0 aliphatic heterocycles. The number of hydrogen-bond acceptors (Lipinski definition) is 3. The van der Waals surface area contributed by atoms with Gasteiger partial charge in [-0.05, 0) is 25.8 Å². The van der Waals surface area contributed by atoms with Crippen molar-refractivity contribution in [1.29, 1.82) is 0 Å². The second-order valence-corrected chi connectivity index (χ2v) is 4.00. The molecule has 0 heterocycles. The molecule has 0 saturated heterocycles. The molecule has 4 nitrogen and oxygen atoms in total. The molecule has 1 aliphatic rings. The van der Waals surface area contributed by atoms with E-state index in [1.165, 1.54) is 25.7 Å². The molecule has 1 saturated carbocycles. The van der Waals surface area contributed by atoms with Gasteiger partial charge in [0, 0.05) is 6.04 Å². The van der Waals surface area contributed by atoms with Crippen LogP contribution in [0.3, 0.4) is 0 Å². The fourth-order valence-electron chi connectivity index (χ4n) is 1.64. The van der Waals surface area contributed by atoms with Crippen LogP contribution >= 0.6 is 0 Å². The summed E-state index contributed by atoms with van der Waals surface area (Å²) in [7, 11) is 0. The highest BCUT2D eigenvalue weighted by molar-refractivity contribution is 7.74. The van der Waals surface area contributed by atoms with E-state index in [0.29, 0.717) is 12.6 Å². The minimum atomic E-state index is -2.10. The van der Waals surface area contributed by atoms with Crippen molar-refractivity contribution >= 4 is 11.4 Å². The third-order valence-electron chi connectivity index (χ3n) is 2.29. The Morgan fingerprint density at radius 1 is 1.46 bits per heavy atom. The summed E-state index contributed by atoms with van der Waals surface area (Å²) in [5.41, 5.74) is 0. The van der Waals surface area contributed by atoms with Gasteiger partial charge in [0.05, 0.1) is 6.61 Å². The van der Waals surface area contributed by atoms with Gasteiger partial charge < -0.3 is 5.32 Å². The van der Waals surface area contributed by atoms with Gasteiger partial charge in [-0.15, -0.1) is 0 Å². The summed E-state index contributed by atoms with van der Waals surface area (Å²) >= 11 is -2.10. The Bertz CT molecular complexity index is 159. The molecule has 0 aromatic rings. The van der Waals surface area contributed by atoms with Gasteiger partial charge in [-0.1, -0.05) is 12.8 Å². The smallest absolute Gasteiger partial charge is 0.301 e. The zero-order chi connectivity index (χ0) is 9.52. The van der Waals surface area contributed by atoms with E-state index in [1.807, 2.05) is 0 Å². The Balaban J connectivity index is 1.86. The first kappa shape index (κ1) is 11.1. The maximum Gasteiger partial charge on any atom is 0.301 e. The largest absolute Gasteiger partial charge is 0.314 e. The van der Waals surface area contributed by atoms with Crippen molar-refractivity contribution in [3.8, 4) is 0 Å². The van der Waals surface area contributed by atoms with Crippen LogP contribution in [-0.4, -0.2) is 28.0 Å². The summed E-state index contributed by atoms with van der Waals surface area (Å²) in [5, 5.41) is 3.39. The Kier molecular flexibility index (Phi) is 5.54.